The Morgan fingerprint density at radius 2 is 1.94 bits per heavy atom. The third-order valence-corrected chi connectivity index (χ3v) is 4.60. The largest absolute Gasteiger partial charge is 0.396 e. The van der Waals surface area contributed by atoms with Crippen LogP contribution in [0.1, 0.15) is 38.5 Å². The van der Waals surface area contributed by atoms with Gasteiger partial charge in [0, 0.05) is 12.6 Å². The number of aromatic nitrogens is 1. The van der Waals surface area contributed by atoms with Gasteiger partial charge in [-0.2, -0.15) is 0 Å². The number of nitrogens with two attached hydrogens (primary N) is 1. The molecule has 2 heterocycles. The molecule has 3 nitrogen and oxygen atoms in total. The van der Waals surface area contributed by atoms with E-state index in [2.05, 4.69) is 9.88 Å². The fraction of sp³-hybridized carbons (Fsp3) is 0.643. The Hall–Kier alpha value is -0.960. The van der Waals surface area contributed by atoms with Gasteiger partial charge in [-0.3, -0.25) is 0 Å². The summed E-state index contributed by atoms with van der Waals surface area (Å²) >= 11 is 6.02. The molecule has 98 valence electrons. The van der Waals surface area contributed by atoms with Crippen molar-refractivity contribution in [1.82, 2.24) is 4.98 Å². The van der Waals surface area contributed by atoms with Gasteiger partial charge in [0.25, 0.3) is 0 Å². The molecule has 0 radical (unpaired) electrons. The molecule has 1 saturated carbocycles. The lowest BCUT2D eigenvalue weighted by Crippen LogP contribution is -2.47. The van der Waals surface area contributed by atoms with E-state index in [0.717, 1.165) is 24.0 Å². The first kappa shape index (κ1) is 12.1. The van der Waals surface area contributed by atoms with Gasteiger partial charge in [-0.25, -0.2) is 4.98 Å². The highest BCUT2D eigenvalue weighted by molar-refractivity contribution is 6.29. The molecule has 1 aromatic heterocycles. The van der Waals surface area contributed by atoms with E-state index in [9.17, 15) is 0 Å². The van der Waals surface area contributed by atoms with Gasteiger partial charge in [0.1, 0.15) is 5.15 Å². The molecule has 1 aliphatic heterocycles. The van der Waals surface area contributed by atoms with E-state index in [-0.39, 0.29) is 0 Å². The monoisotopic (exact) mass is 265 g/mol. The Labute approximate surface area is 113 Å². The fourth-order valence-corrected chi connectivity index (χ4v) is 3.70. The van der Waals surface area contributed by atoms with Gasteiger partial charge in [0.05, 0.1) is 5.69 Å². The number of fused-ring (bicyclic) bond motifs is 1. The lowest BCUT2D eigenvalue weighted by Gasteiger charge is -2.45. The van der Waals surface area contributed by atoms with Crippen molar-refractivity contribution in [3.8, 4) is 0 Å². The van der Waals surface area contributed by atoms with Crippen molar-refractivity contribution in [2.75, 3.05) is 17.2 Å². The molecule has 0 aromatic carbocycles. The van der Waals surface area contributed by atoms with Gasteiger partial charge >= 0.3 is 0 Å². The zero-order valence-electron chi connectivity index (χ0n) is 10.6. The van der Waals surface area contributed by atoms with E-state index in [4.69, 9.17) is 17.3 Å². The van der Waals surface area contributed by atoms with Crippen LogP contribution in [0, 0.1) is 5.92 Å². The Morgan fingerprint density at radius 3 is 2.83 bits per heavy atom. The average Bonchev–Trinajstić information content (AvgIpc) is 2.41. The van der Waals surface area contributed by atoms with Gasteiger partial charge in [-0.15, -0.1) is 0 Å². The Balaban J connectivity index is 1.91. The minimum Gasteiger partial charge on any atom is -0.396 e. The van der Waals surface area contributed by atoms with Gasteiger partial charge in [-0.05, 0) is 43.7 Å². The highest BCUT2D eigenvalue weighted by Crippen LogP contribution is 2.38. The van der Waals surface area contributed by atoms with Crippen molar-refractivity contribution < 1.29 is 0 Å². The van der Waals surface area contributed by atoms with Crippen LogP contribution in [0.25, 0.3) is 0 Å². The van der Waals surface area contributed by atoms with E-state index in [1.165, 1.54) is 38.5 Å². The first-order valence-corrected chi connectivity index (χ1v) is 7.32. The van der Waals surface area contributed by atoms with Gasteiger partial charge < -0.3 is 10.6 Å². The van der Waals surface area contributed by atoms with Crippen molar-refractivity contribution in [1.29, 1.82) is 0 Å². The van der Waals surface area contributed by atoms with Gasteiger partial charge in [0.15, 0.2) is 5.82 Å². The topological polar surface area (TPSA) is 42.1 Å². The first-order valence-electron chi connectivity index (χ1n) is 6.94. The summed E-state index contributed by atoms with van der Waals surface area (Å²) in [4.78, 5) is 6.87. The number of rotatable bonds is 1. The maximum absolute atomic E-state index is 6.08. The molecule has 3 rings (SSSR count). The number of halogens is 1. The summed E-state index contributed by atoms with van der Waals surface area (Å²) in [6.45, 7) is 1.07. The molecule has 2 atom stereocenters. The molecule has 1 saturated heterocycles. The predicted octanol–water partition coefficient (Wildman–Crippen LogP) is 3.48. The molecule has 2 aliphatic rings. The van der Waals surface area contributed by atoms with Crippen LogP contribution in [0.2, 0.25) is 5.15 Å². The SMILES string of the molecule is Nc1ccc(Cl)nc1N1CCCC2CCCCC21. The highest BCUT2D eigenvalue weighted by Gasteiger charge is 2.34. The molecule has 18 heavy (non-hydrogen) atoms. The normalized spacial score (nSPS) is 27.9. The summed E-state index contributed by atoms with van der Waals surface area (Å²) in [7, 11) is 0. The fourth-order valence-electron chi connectivity index (χ4n) is 3.55. The van der Waals surface area contributed by atoms with Crippen LogP contribution >= 0.6 is 11.6 Å². The van der Waals surface area contributed by atoms with Crippen LogP contribution < -0.4 is 10.6 Å². The van der Waals surface area contributed by atoms with E-state index in [1.54, 1.807) is 6.07 Å². The zero-order chi connectivity index (χ0) is 12.5. The summed E-state index contributed by atoms with van der Waals surface area (Å²) in [5.41, 5.74) is 6.83. The number of pyridine rings is 1. The standard InChI is InChI=1S/C14H20ClN3/c15-13-8-7-11(16)14(17-13)18-9-3-5-10-4-1-2-6-12(10)18/h7-8,10,12H,1-6,9,16H2. The van der Waals surface area contributed by atoms with Crippen molar-refractivity contribution >= 4 is 23.1 Å². The van der Waals surface area contributed by atoms with Crippen LogP contribution in [-0.2, 0) is 0 Å². The van der Waals surface area contributed by atoms with Gasteiger partial charge in [0.2, 0.25) is 0 Å². The molecule has 0 bridgehead atoms. The lowest BCUT2D eigenvalue weighted by molar-refractivity contribution is 0.243. The van der Waals surface area contributed by atoms with Crippen molar-refractivity contribution in [2.24, 2.45) is 5.92 Å². The minimum atomic E-state index is 0.539. The molecular formula is C14H20ClN3. The van der Waals surface area contributed by atoms with E-state index in [1.807, 2.05) is 6.07 Å². The maximum Gasteiger partial charge on any atom is 0.153 e. The van der Waals surface area contributed by atoms with Crippen LogP contribution in [0.4, 0.5) is 11.5 Å². The Bertz CT molecular complexity index is 433. The third kappa shape index (κ3) is 2.16. The molecule has 2 fully saturated rings. The summed E-state index contributed by atoms with van der Waals surface area (Å²) < 4.78 is 0. The van der Waals surface area contributed by atoms with Crippen LogP contribution in [-0.4, -0.2) is 17.6 Å². The number of piperidine rings is 1. The quantitative estimate of drug-likeness (QED) is 0.791. The summed E-state index contributed by atoms with van der Waals surface area (Å²) in [5.74, 6) is 1.73. The second-order valence-electron chi connectivity index (χ2n) is 5.49. The molecule has 4 heteroatoms. The van der Waals surface area contributed by atoms with Crippen molar-refractivity contribution in [3.05, 3.63) is 17.3 Å². The van der Waals surface area contributed by atoms with Gasteiger partial charge in [-0.1, -0.05) is 24.4 Å². The Morgan fingerprint density at radius 1 is 1.17 bits per heavy atom. The number of hydrogen-bond donors (Lipinski definition) is 1. The summed E-state index contributed by atoms with van der Waals surface area (Å²) in [6, 6.07) is 4.26. The van der Waals surface area contributed by atoms with E-state index < -0.39 is 0 Å². The molecule has 1 aromatic rings. The first-order chi connectivity index (χ1) is 8.75. The third-order valence-electron chi connectivity index (χ3n) is 4.39. The second-order valence-corrected chi connectivity index (χ2v) is 5.88. The van der Waals surface area contributed by atoms with E-state index in [0.29, 0.717) is 11.2 Å². The maximum atomic E-state index is 6.08. The molecule has 0 amide bonds. The molecule has 1 aliphatic carbocycles. The van der Waals surface area contributed by atoms with Crippen molar-refractivity contribution in [2.45, 2.75) is 44.6 Å². The second kappa shape index (κ2) is 4.96. The molecule has 2 N–H and O–H groups in total. The Kier molecular flexibility index (Phi) is 3.33. The molecule has 0 spiro atoms. The lowest BCUT2D eigenvalue weighted by atomic mass is 9.78. The van der Waals surface area contributed by atoms with Crippen LogP contribution in [0.5, 0.6) is 0 Å². The minimum absolute atomic E-state index is 0.539. The number of nitrogen functional groups attached to an aromatic ring is 1. The average molecular weight is 266 g/mol. The predicted molar refractivity (Wildman–Crippen MR) is 76.0 cm³/mol. The number of anilines is 2. The number of nitrogens with zero attached hydrogens (tertiary/aromatic N) is 2. The van der Waals surface area contributed by atoms with Crippen LogP contribution in [0.15, 0.2) is 12.1 Å². The van der Waals surface area contributed by atoms with Crippen LogP contribution in [0.3, 0.4) is 0 Å². The molecule has 2 unspecified atom stereocenters. The summed E-state index contributed by atoms with van der Waals surface area (Å²) in [6.07, 6.45) is 7.96. The summed E-state index contributed by atoms with van der Waals surface area (Å²) in [5, 5.41) is 0.539. The zero-order valence-corrected chi connectivity index (χ0v) is 11.4. The number of hydrogen-bond acceptors (Lipinski definition) is 3. The van der Waals surface area contributed by atoms with Crippen molar-refractivity contribution in [3.63, 3.8) is 0 Å². The molecular weight excluding hydrogens is 246 g/mol. The van der Waals surface area contributed by atoms with E-state index >= 15 is 0 Å². The smallest absolute Gasteiger partial charge is 0.153 e. The highest BCUT2D eigenvalue weighted by atomic mass is 35.5.